The van der Waals surface area contributed by atoms with E-state index in [2.05, 4.69) is 161 Å². The third kappa shape index (κ3) is 46.0. The van der Waals surface area contributed by atoms with Crippen LogP contribution in [-0.4, -0.2) is 187 Å². The molecule has 0 aliphatic carbocycles. The van der Waals surface area contributed by atoms with E-state index in [0.717, 1.165) is 135 Å². The second-order valence-electron chi connectivity index (χ2n) is 29.0. The van der Waals surface area contributed by atoms with Crippen LogP contribution in [0.1, 0.15) is 225 Å². The van der Waals surface area contributed by atoms with Crippen molar-refractivity contribution in [2.24, 2.45) is 0 Å². The number of aliphatic hydroxyl groups is 7. The van der Waals surface area contributed by atoms with Crippen molar-refractivity contribution in [3.05, 3.63) is 128 Å². The van der Waals surface area contributed by atoms with Gasteiger partial charge in [0.05, 0.1) is 46.2 Å². The quantitative estimate of drug-likeness (QED) is 0.0199. The summed E-state index contributed by atoms with van der Waals surface area (Å²) in [5, 5.41) is 76.7. The number of allylic oxidation sites excluding steroid dienone is 21. The molecule has 632 valence electrons. The molecule has 0 saturated carbocycles. The van der Waals surface area contributed by atoms with E-state index in [-0.39, 0.29) is 0 Å². The molecule has 0 aromatic heterocycles. The van der Waals surface area contributed by atoms with Crippen molar-refractivity contribution >= 4 is 43.1 Å². The molecule has 2 fully saturated rings. The highest BCUT2D eigenvalue weighted by Crippen LogP contribution is 2.61. The van der Waals surface area contributed by atoms with Crippen molar-refractivity contribution < 1.29 is 129 Å². The minimum Gasteiger partial charge on any atom is -0.394 e. The first-order chi connectivity index (χ1) is 51.6. The van der Waals surface area contributed by atoms with Gasteiger partial charge in [0.2, 0.25) is 11.8 Å². The Kier molecular flexibility index (Phi) is 50.3. The Bertz CT molecular complexity index is 3350. The molecule has 2 heterocycles. The summed E-state index contributed by atoms with van der Waals surface area (Å²) in [6.07, 6.45) is 25.5. The van der Waals surface area contributed by atoms with Crippen molar-refractivity contribution in [2.45, 2.75) is 299 Å². The number of hydrogen-bond donors (Lipinski definition) is 13. The molecule has 33 heteroatoms. The number of amides is 2. The highest BCUT2D eigenvalue weighted by Gasteiger charge is 2.55. The predicted octanol–water partition coefficient (Wildman–Crippen LogP) is 13.4. The van der Waals surface area contributed by atoms with E-state index >= 15 is 0 Å². The molecular weight excluding hydrogens is 1510 g/mol. The van der Waals surface area contributed by atoms with Crippen molar-refractivity contribution in [3.63, 3.8) is 0 Å². The Labute approximate surface area is 652 Å². The summed E-state index contributed by atoms with van der Waals surface area (Å²) in [6.45, 7) is 21.3. The minimum absolute atomic E-state index is 0.548. The molecule has 2 saturated heterocycles. The van der Waals surface area contributed by atoms with Gasteiger partial charge in [-0.3, -0.25) is 36.7 Å². The second kappa shape index (κ2) is 54.1. The monoisotopic (exact) mass is 1640 g/mol. The van der Waals surface area contributed by atoms with Crippen molar-refractivity contribution in [2.75, 3.05) is 46.2 Å². The van der Waals surface area contributed by atoms with Crippen LogP contribution in [0.3, 0.4) is 0 Å². The van der Waals surface area contributed by atoms with E-state index in [4.69, 9.17) is 37.4 Å². The molecule has 0 radical (unpaired) electrons. The van der Waals surface area contributed by atoms with Crippen LogP contribution in [0.5, 0.6) is 0 Å². The Morgan fingerprint density at radius 1 is 0.382 bits per heavy atom. The van der Waals surface area contributed by atoms with Gasteiger partial charge in [-0.05, 0) is 212 Å². The number of rotatable bonds is 55. The highest BCUT2D eigenvalue weighted by atomic mass is 31.3. The zero-order valence-corrected chi connectivity index (χ0v) is 70.7. The summed E-state index contributed by atoms with van der Waals surface area (Å²) in [7, 11) is -21.5. The first-order valence-corrected chi connectivity index (χ1v) is 43.8. The maximum Gasteiger partial charge on any atom is 0.483 e. The molecule has 0 aromatic rings. The molecule has 13 N–H and O–H groups in total. The zero-order chi connectivity index (χ0) is 82.8. The second-order valence-corrected chi connectivity index (χ2v) is 34.8. The van der Waals surface area contributed by atoms with Gasteiger partial charge < -0.3 is 80.2 Å². The standard InChI is InChI=1S/C77H132N2O27P4/c1-53(2)25-15-26-54(3)27-16-28-55(4)29-17-30-56(5)31-18-32-57(6)33-19-34-58(7)35-20-36-59(8)37-21-38-60(9)39-22-40-61(10)41-23-42-62(11)43-24-44-63(12)45-46-97-109(93,94)106-110(95,96)105-77-71(79-65(14)84)72(87)74(68(48-81)102-77)103-76-70(78-64(13)83)73(88)75(69(49-82)101-76)104-108(91,92)100-52-67(86)51-99-107(89,90)98-50-66(85)47-80/h25,27,29,31,33,35,37,39,41,43,45,66-77,80-82,85-88H,15-24,26,28,30,32,34,36,38,40,42,44,46-52H2,1-14H3,(H,78,83)(H,79,84)(H,89,90)(H,91,92)(H,93,94)(H,95,96)/b54-27+,55-29+,56-31-,57-33-,58-35-,59-37-,60-39-,61-41-,62-43-,63-45-/t66-,67-,68-,69-,70+,71-,72-,73-,74?,75-,76+,77-/m1/s1. The smallest absolute Gasteiger partial charge is 0.394 e. The van der Waals surface area contributed by atoms with E-state index in [1.54, 1.807) is 6.92 Å². The zero-order valence-electron chi connectivity index (χ0n) is 67.1. The predicted molar refractivity (Wildman–Crippen MR) is 422 cm³/mol. The fraction of sp³-hybridized carbons (Fsp3) is 0.688. The van der Waals surface area contributed by atoms with Crippen LogP contribution in [0.25, 0.3) is 0 Å². The first-order valence-electron chi connectivity index (χ1n) is 37.8. The SMILES string of the molecule is CC(=O)N[C@@H]1[C@H](OC2[C@@H](CO)O[C@H](OP(=O)(O)OP(=O)(O)OC/C=C(/C)CC/C=C(/C)CC/C=C(/C)CC/C=C(/C)CC/C=C(/C)CC/C=C(/C)CC/C=C(/C)CC/C=C(/C)CC/C=C(\C)CC/C=C(\C)CCC=C(C)C)[C@H](NC(C)=O)[C@H]2O)O[C@H](CO)[C@@H](OP(=O)(O)OC[C@H](O)COP(=O)(O)OC[C@H](O)CO)[C@@H]1O. The lowest BCUT2D eigenvalue weighted by molar-refractivity contribution is -0.324. The summed E-state index contributed by atoms with van der Waals surface area (Å²) in [4.78, 5) is 66.3. The number of hydrogen-bond acceptors (Lipinski definition) is 23. The molecule has 2 rings (SSSR count). The van der Waals surface area contributed by atoms with Crippen molar-refractivity contribution in [1.82, 2.24) is 10.6 Å². The van der Waals surface area contributed by atoms with Gasteiger partial charge in [-0.2, -0.15) is 4.31 Å². The largest absolute Gasteiger partial charge is 0.483 e. The number of ether oxygens (including phenoxy) is 3. The fourth-order valence-corrected chi connectivity index (χ4v) is 15.4. The maximum atomic E-state index is 13.3. The fourth-order valence-electron chi connectivity index (χ4n) is 11.5. The van der Waals surface area contributed by atoms with Crippen LogP contribution in [0.15, 0.2) is 128 Å². The molecule has 110 heavy (non-hydrogen) atoms. The van der Waals surface area contributed by atoms with Crippen molar-refractivity contribution in [1.29, 1.82) is 0 Å². The summed E-state index contributed by atoms with van der Waals surface area (Å²) in [5.74, 6) is -1.82. The number of carbonyl (C=O) groups excluding carboxylic acids is 2. The van der Waals surface area contributed by atoms with E-state index in [0.29, 0.717) is 12.8 Å². The van der Waals surface area contributed by atoms with Gasteiger partial charge in [-0.25, -0.2) is 18.3 Å². The molecule has 0 bridgehead atoms. The van der Waals surface area contributed by atoms with E-state index in [1.165, 1.54) is 61.8 Å². The average Bonchev–Trinajstić information content (AvgIpc) is 0.789. The molecule has 0 aromatic carbocycles. The van der Waals surface area contributed by atoms with E-state index < -0.39 is 163 Å². The normalized spacial score (nSPS) is 24.8. The topological polar surface area (TPSA) is 441 Å². The molecule has 2 aliphatic rings. The Balaban J connectivity index is 1.83. The maximum absolute atomic E-state index is 13.3. The van der Waals surface area contributed by atoms with Gasteiger partial charge >= 0.3 is 31.3 Å². The first kappa shape index (κ1) is 102. The van der Waals surface area contributed by atoms with Crippen LogP contribution >= 0.6 is 31.3 Å². The molecular formula is C77H132N2O27P4. The molecule has 16 atom stereocenters. The Morgan fingerprint density at radius 3 is 1.02 bits per heavy atom. The average molecular weight is 1640 g/mol. The molecule has 2 aliphatic heterocycles. The Morgan fingerprint density at radius 2 is 0.682 bits per heavy atom. The third-order valence-electron chi connectivity index (χ3n) is 18.0. The Hall–Kier alpha value is -3.84. The number of aliphatic hydroxyl groups excluding tert-OH is 7. The third-order valence-corrected chi connectivity index (χ3v) is 22.5. The van der Waals surface area contributed by atoms with Gasteiger partial charge in [0.25, 0.3) is 0 Å². The summed E-state index contributed by atoms with van der Waals surface area (Å²) < 4.78 is 102. The lowest BCUT2D eigenvalue weighted by atomic mass is 9.94. The summed E-state index contributed by atoms with van der Waals surface area (Å²) in [5.41, 5.74) is 14.9. The number of carbonyl (C=O) groups is 2. The van der Waals surface area contributed by atoms with Crippen LogP contribution in [-0.2, 0) is 73.5 Å². The van der Waals surface area contributed by atoms with E-state index in [1.807, 2.05) is 0 Å². The van der Waals surface area contributed by atoms with Crippen LogP contribution in [0.4, 0.5) is 0 Å². The molecule has 0 spiro atoms. The summed E-state index contributed by atoms with van der Waals surface area (Å²) in [6, 6.07) is -3.81. The highest BCUT2D eigenvalue weighted by molar-refractivity contribution is 7.61. The molecule has 29 nitrogen and oxygen atoms in total. The van der Waals surface area contributed by atoms with Gasteiger partial charge in [0.1, 0.15) is 60.9 Å². The van der Waals surface area contributed by atoms with Crippen LogP contribution < -0.4 is 10.6 Å². The van der Waals surface area contributed by atoms with Gasteiger partial charge in [-0.1, -0.05) is 128 Å². The van der Waals surface area contributed by atoms with Gasteiger partial charge in [0, 0.05) is 13.8 Å². The van der Waals surface area contributed by atoms with Gasteiger partial charge in [0.15, 0.2) is 12.6 Å². The summed E-state index contributed by atoms with van der Waals surface area (Å²) >= 11 is 0. The minimum atomic E-state index is -5.77. The van der Waals surface area contributed by atoms with Crippen LogP contribution in [0, 0.1) is 0 Å². The molecule has 2 amide bonds. The van der Waals surface area contributed by atoms with Crippen molar-refractivity contribution in [3.8, 4) is 0 Å². The van der Waals surface area contributed by atoms with Crippen LogP contribution in [0.2, 0.25) is 0 Å². The van der Waals surface area contributed by atoms with E-state index in [9.17, 15) is 78.1 Å². The number of phosphoric acid groups is 4. The number of phosphoric ester groups is 4. The lowest BCUT2D eigenvalue weighted by Crippen LogP contribution is -2.69. The van der Waals surface area contributed by atoms with Gasteiger partial charge in [-0.15, -0.1) is 0 Å². The number of nitrogens with one attached hydrogen (secondary N) is 2. The molecule has 5 unspecified atom stereocenters. The lowest BCUT2D eigenvalue weighted by Gasteiger charge is -2.48.